The first-order valence-electron chi connectivity index (χ1n) is 9.95. The number of para-hydroxylation sites is 2. The van der Waals surface area contributed by atoms with Gasteiger partial charge in [-0.05, 0) is 42.8 Å². The van der Waals surface area contributed by atoms with Crippen molar-refractivity contribution in [1.82, 2.24) is 0 Å². The standard InChI is InChI=1S/C25H26N2OS/c1-5-27-21-14-8-9-15-22(21)29-24(27)16-10-11-18(28)17-23-25(2,3)19-12-6-7-13-20(19)26(23)4/h6-17H,5H2,1-4H3/b11-10+,23-17+,24-16-. The van der Waals surface area contributed by atoms with E-state index in [0.717, 1.165) is 17.3 Å². The normalized spacial score (nSPS) is 20.0. The third-order valence-corrected chi connectivity index (χ3v) is 6.80. The first-order chi connectivity index (χ1) is 13.9. The van der Waals surface area contributed by atoms with Crippen LogP contribution in [-0.2, 0) is 10.2 Å². The molecule has 4 heteroatoms. The zero-order chi connectivity index (χ0) is 20.6. The van der Waals surface area contributed by atoms with Gasteiger partial charge in [0.1, 0.15) is 0 Å². The topological polar surface area (TPSA) is 23.6 Å². The number of hydrogen-bond acceptors (Lipinski definition) is 4. The Morgan fingerprint density at radius 3 is 2.48 bits per heavy atom. The highest BCUT2D eigenvalue weighted by molar-refractivity contribution is 8.03. The number of benzene rings is 2. The molecule has 2 aliphatic heterocycles. The summed E-state index contributed by atoms with van der Waals surface area (Å²) in [7, 11) is 2.03. The number of fused-ring (bicyclic) bond motifs is 2. The summed E-state index contributed by atoms with van der Waals surface area (Å²) >= 11 is 1.75. The number of anilines is 2. The lowest BCUT2D eigenvalue weighted by atomic mass is 9.83. The lowest BCUT2D eigenvalue weighted by molar-refractivity contribution is -0.110. The van der Waals surface area contributed by atoms with Gasteiger partial charge in [0.2, 0.25) is 0 Å². The predicted molar refractivity (Wildman–Crippen MR) is 124 cm³/mol. The molecule has 0 amide bonds. The van der Waals surface area contributed by atoms with Crippen molar-refractivity contribution in [2.24, 2.45) is 0 Å². The molecular formula is C25H26N2OS. The van der Waals surface area contributed by atoms with Crippen LogP contribution in [0.25, 0.3) is 0 Å². The van der Waals surface area contributed by atoms with Gasteiger partial charge in [-0.3, -0.25) is 4.79 Å². The summed E-state index contributed by atoms with van der Waals surface area (Å²) in [6, 6.07) is 16.8. The fourth-order valence-corrected chi connectivity index (χ4v) is 5.31. The maximum atomic E-state index is 12.7. The van der Waals surface area contributed by atoms with E-state index in [-0.39, 0.29) is 11.2 Å². The Balaban J connectivity index is 1.54. The number of rotatable bonds is 4. The largest absolute Gasteiger partial charge is 0.347 e. The molecule has 4 rings (SSSR count). The summed E-state index contributed by atoms with van der Waals surface area (Å²) in [5.41, 5.74) is 4.50. The zero-order valence-electron chi connectivity index (χ0n) is 17.3. The first-order valence-corrected chi connectivity index (χ1v) is 10.8. The highest BCUT2D eigenvalue weighted by atomic mass is 32.2. The number of carbonyl (C=O) groups is 1. The quantitative estimate of drug-likeness (QED) is 0.594. The Labute approximate surface area is 177 Å². The van der Waals surface area contributed by atoms with Crippen molar-refractivity contribution in [3.8, 4) is 0 Å². The smallest absolute Gasteiger partial charge is 0.180 e. The number of allylic oxidation sites excluding steroid dienone is 5. The summed E-state index contributed by atoms with van der Waals surface area (Å²) in [5.74, 6) is 0.00754. The van der Waals surface area contributed by atoms with Crippen LogP contribution >= 0.6 is 11.8 Å². The summed E-state index contributed by atoms with van der Waals surface area (Å²) in [4.78, 5) is 18.3. The van der Waals surface area contributed by atoms with Crippen molar-refractivity contribution in [1.29, 1.82) is 0 Å². The lowest BCUT2D eigenvalue weighted by Gasteiger charge is -2.23. The second kappa shape index (κ2) is 7.60. The Kier molecular flexibility index (Phi) is 5.13. The van der Waals surface area contributed by atoms with Gasteiger partial charge < -0.3 is 9.80 Å². The van der Waals surface area contributed by atoms with Crippen LogP contribution in [0, 0.1) is 0 Å². The van der Waals surface area contributed by atoms with E-state index in [2.05, 4.69) is 73.0 Å². The summed E-state index contributed by atoms with van der Waals surface area (Å²) in [6.45, 7) is 7.39. The molecule has 0 atom stereocenters. The van der Waals surface area contributed by atoms with E-state index in [9.17, 15) is 4.79 Å². The van der Waals surface area contributed by atoms with Crippen molar-refractivity contribution in [2.45, 2.75) is 31.1 Å². The number of likely N-dealkylation sites (N-methyl/N-ethyl adjacent to an activating group) is 1. The molecule has 2 aromatic rings. The molecule has 0 fully saturated rings. The van der Waals surface area contributed by atoms with Gasteiger partial charge >= 0.3 is 0 Å². The van der Waals surface area contributed by atoms with Gasteiger partial charge in [-0.2, -0.15) is 0 Å². The molecule has 148 valence electrons. The van der Waals surface area contributed by atoms with E-state index in [1.54, 1.807) is 23.9 Å². The van der Waals surface area contributed by atoms with Crippen molar-refractivity contribution < 1.29 is 4.79 Å². The number of thioether (sulfide) groups is 1. The Bertz CT molecular complexity index is 1050. The number of nitrogens with zero attached hydrogens (tertiary/aromatic N) is 2. The molecule has 2 aliphatic rings. The molecule has 0 bridgehead atoms. The van der Waals surface area contributed by atoms with Gasteiger partial charge in [0.05, 0.1) is 10.7 Å². The van der Waals surface area contributed by atoms with Crippen molar-refractivity contribution in [3.05, 3.63) is 89.1 Å². The van der Waals surface area contributed by atoms with E-state index in [1.807, 2.05) is 25.3 Å². The third kappa shape index (κ3) is 3.42. The van der Waals surface area contributed by atoms with Crippen LogP contribution in [0.3, 0.4) is 0 Å². The lowest BCUT2D eigenvalue weighted by Crippen LogP contribution is -2.23. The van der Waals surface area contributed by atoms with E-state index in [4.69, 9.17) is 0 Å². The molecule has 2 aromatic carbocycles. The summed E-state index contributed by atoms with van der Waals surface area (Å²) in [5, 5.41) is 1.15. The van der Waals surface area contributed by atoms with Gasteiger partial charge in [-0.15, -0.1) is 0 Å². The van der Waals surface area contributed by atoms with Gasteiger partial charge in [0.15, 0.2) is 5.78 Å². The molecule has 0 saturated heterocycles. The van der Waals surface area contributed by atoms with Gasteiger partial charge in [-0.1, -0.05) is 62.0 Å². The average molecular weight is 403 g/mol. The molecule has 0 spiro atoms. The van der Waals surface area contributed by atoms with Crippen LogP contribution in [0.1, 0.15) is 26.3 Å². The van der Waals surface area contributed by atoms with Gasteiger partial charge in [0, 0.05) is 41.4 Å². The fourth-order valence-electron chi connectivity index (χ4n) is 4.17. The molecule has 0 aromatic heterocycles. The van der Waals surface area contributed by atoms with E-state index >= 15 is 0 Å². The van der Waals surface area contributed by atoms with E-state index in [1.165, 1.54) is 21.8 Å². The van der Waals surface area contributed by atoms with Crippen molar-refractivity contribution >= 4 is 28.9 Å². The molecule has 2 heterocycles. The Morgan fingerprint density at radius 1 is 1.07 bits per heavy atom. The molecule has 29 heavy (non-hydrogen) atoms. The molecule has 0 N–H and O–H groups in total. The van der Waals surface area contributed by atoms with Crippen LogP contribution in [0.2, 0.25) is 0 Å². The average Bonchev–Trinajstić information content (AvgIpc) is 3.16. The SMILES string of the molecule is CCN1/C(=C/C=C/C(=O)/C=C2/N(C)c3ccccc3C2(C)C)Sc2ccccc21. The second-order valence-corrected chi connectivity index (χ2v) is 8.87. The fraction of sp³-hybridized carbons (Fsp3) is 0.240. The van der Waals surface area contributed by atoms with Crippen LogP contribution in [0.5, 0.6) is 0 Å². The molecule has 0 unspecified atom stereocenters. The van der Waals surface area contributed by atoms with E-state index in [0.29, 0.717) is 0 Å². The molecule has 3 nitrogen and oxygen atoms in total. The van der Waals surface area contributed by atoms with Crippen LogP contribution in [-0.4, -0.2) is 19.4 Å². The van der Waals surface area contributed by atoms with Crippen LogP contribution in [0.4, 0.5) is 11.4 Å². The van der Waals surface area contributed by atoms with Crippen LogP contribution in [0.15, 0.2) is 88.5 Å². The van der Waals surface area contributed by atoms with Crippen LogP contribution < -0.4 is 9.80 Å². The predicted octanol–water partition coefficient (Wildman–Crippen LogP) is 5.90. The minimum absolute atomic E-state index is 0.00754. The van der Waals surface area contributed by atoms with Crippen molar-refractivity contribution in [3.63, 3.8) is 0 Å². The molecular weight excluding hydrogens is 376 g/mol. The third-order valence-electron chi connectivity index (χ3n) is 5.67. The maximum absolute atomic E-state index is 12.7. The number of carbonyl (C=O) groups excluding carboxylic acids is 1. The monoisotopic (exact) mass is 402 g/mol. The van der Waals surface area contributed by atoms with Gasteiger partial charge in [0.25, 0.3) is 0 Å². The van der Waals surface area contributed by atoms with E-state index < -0.39 is 0 Å². The molecule has 0 radical (unpaired) electrons. The second-order valence-electron chi connectivity index (χ2n) is 7.81. The Morgan fingerprint density at radius 2 is 1.76 bits per heavy atom. The van der Waals surface area contributed by atoms with Gasteiger partial charge in [-0.25, -0.2) is 0 Å². The molecule has 0 aliphatic carbocycles. The number of ketones is 1. The highest BCUT2D eigenvalue weighted by Crippen LogP contribution is 2.47. The maximum Gasteiger partial charge on any atom is 0.180 e. The summed E-state index contributed by atoms with van der Waals surface area (Å²) < 4.78 is 0. The van der Waals surface area contributed by atoms with Crippen molar-refractivity contribution in [2.75, 3.05) is 23.4 Å². The number of hydrogen-bond donors (Lipinski definition) is 0. The minimum Gasteiger partial charge on any atom is -0.347 e. The minimum atomic E-state index is -0.185. The first kappa shape index (κ1) is 19.6. The highest BCUT2D eigenvalue weighted by Gasteiger charge is 2.38. The zero-order valence-corrected chi connectivity index (χ0v) is 18.2. The molecule has 0 saturated carbocycles. The summed E-state index contributed by atoms with van der Waals surface area (Å²) in [6.07, 6.45) is 7.32. The Hall–Kier alpha value is -2.72.